The molecule has 0 aliphatic rings. The van der Waals surface area contributed by atoms with Gasteiger partial charge in [-0.1, -0.05) is 48.5 Å². The molecular formula is C22H22N2O3S. The van der Waals surface area contributed by atoms with Crippen molar-refractivity contribution in [2.24, 2.45) is 0 Å². The lowest BCUT2D eigenvalue weighted by Crippen LogP contribution is -2.27. The number of benzene rings is 3. The largest absolute Gasteiger partial charge is 0.346 e. The van der Waals surface area contributed by atoms with Crippen LogP contribution in [0.5, 0.6) is 0 Å². The highest BCUT2D eigenvalue weighted by Crippen LogP contribution is 2.19. The van der Waals surface area contributed by atoms with Crippen molar-refractivity contribution >= 4 is 21.6 Å². The number of nitrogens with one attached hydrogen (secondary N) is 2. The first-order valence-electron chi connectivity index (χ1n) is 8.91. The third-order valence-corrected chi connectivity index (χ3v) is 5.81. The molecule has 6 heteroatoms. The van der Waals surface area contributed by atoms with Crippen LogP contribution >= 0.6 is 0 Å². The van der Waals surface area contributed by atoms with Crippen LogP contribution < -0.4 is 10.0 Å². The first-order chi connectivity index (χ1) is 13.4. The first-order valence-corrected chi connectivity index (χ1v) is 10.4. The van der Waals surface area contributed by atoms with E-state index in [9.17, 15) is 13.2 Å². The molecule has 144 valence electrons. The average Bonchev–Trinajstić information content (AvgIpc) is 2.69. The number of aryl methyl sites for hydroxylation is 1. The lowest BCUT2D eigenvalue weighted by Gasteiger charge is -2.17. The van der Waals surface area contributed by atoms with Crippen LogP contribution in [0.3, 0.4) is 0 Å². The fourth-order valence-corrected chi connectivity index (χ4v) is 4.06. The summed E-state index contributed by atoms with van der Waals surface area (Å²) in [6.45, 7) is 3.89. The Balaban J connectivity index is 1.79. The number of hydrogen-bond donors (Lipinski definition) is 2. The van der Waals surface area contributed by atoms with Gasteiger partial charge in [0.05, 0.1) is 10.9 Å². The molecule has 28 heavy (non-hydrogen) atoms. The van der Waals surface area contributed by atoms with Crippen LogP contribution in [0.1, 0.15) is 34.5 Å². The van der Waals surface area contributed by atoms with E-state index in [1.807, 2.05) is 38.1 Å². The maximum Gasteiger partial charge on any atom is 0.261 e. The highest BCUT2D eigenvalue weighted by atomic mass is 32.2. The van der Waals surface area contributed by atoms with Crippen molar-refractivity contribution in [2.75, 3.05) is 4.72 Å². The van der Waals surface area contributed by atoms with Gasteiger partial charge in [-0.2, -0.15) is 0 Å². The molecule has 5 nitrogen and oxygen atoms in total. The Bertz CT molecular complexity index is 1080. The monoisotopic (exact) mass is 394 g/mol. The molecule has 2 N–H and O–H groups in total. The summed E-state index contributed by atoms with van der Waals surface area (Å²) in [7, 11) is -3.79. The van der Waals surface area contributed by atoms with Gasteiger partial charge in [0, 0.05) is 11.3 Å². The van der Waals surface area contributed by atoms with Crippen molar-refractivity contribution in [2.45, 2.75) is 24.8 Å². The number of para-hydroxylation sites is 1. The van der Waals surface area contributed by atoms with Gasteiger partial charge < -0.3 is 5.32 Å². The first kappa shape index (κ1) is 19.6. The minimum absolute atomic E-state index is 0.0348. The predicted molar refractivity (Wildman–Crippen MR) is 111 cm³/mol. The molecular weight excluding hydrogens is 372 g/mol. The third-order valence-electron chi connectivity index (χ3n) is 4.44. The van der Waals surface area contributed by atoms with E-state index in [2.05, 4.69) is 10.0 Å². The van der Waals surface area contributed by atoms with E-state index in [0.717, 1.165) is 11.1 Å². The van der Waals surface area contributed by atoms with E-state index >= 15 is 0 Å². The van der Waals surface area contributed by atoms with E-state index in [4.69, 9.17) is 0 Å². The molecule has 0 bridgehead atoms. The van der Waals surface area contributed by atoms with Gasteiger partial charge >= 0.3 is 0 Å². The maximum atomic E-state index is 12.7. The molecule has 0 radical (unpaired) electrons. The molecule has 0 aliphatic heterocycles. The molecule has 3 aromatic carbocycles. The topological polar surface area (TPSA) is 75.3 Å². The minimum atomic E-state index is -3.79. The SMILES string of the molecule is Cc1ccccc1[C@H](C)NC(=O)c1cccc(S(=O)(=O)Nc2ccccc2)c1. The summed E-state index contributed by atoms with van der Waals surface area (Å²) in [5.41, 5.74) is 2.85. The van der Waals surface area contributed by atoms with Crippen molar-refractivity contribution in [1.82, 2.24) is 5.32 Å². The number of carbonyl (C=O) groups is 1. The fourth-order valence-electron chi connectivity index (χ4n) is 2.96. The lowest BCUT2D eigenvalue weighted by molar-refractivity contribution is 0.0939. The summed E-state index contributed by atoms with van der Waals surface area (Å²) in [4.78, 5) is 12.7. The van der Waals surface area contributed by atoms with Crippen molar-refractivity contribution < 1.29 is 13.2 Å². The lowest BCUT2D eigenvalue weighted by atomic mass is 10.0. The normalized spacial score (nSPS) is 12.2. The van der Waals surface area contributed by atoms with E-state index in [-0.39, 0.29) is 22.4 Å². The van der Waals surface area contributed by atoms with Crippen LogP contribution in [0.25, 0.3) is 0 Å². The zero-order valence-electron chi connectivity index (χ0n) is 15.7. The van der Waals surface area contributed by atoms with Crippen LogP contribution in [0.2, 0.25) is 0 Å². The molecule has 0 saturated heterocycles. The number of rotatable bonds is 6. The van der Waals surface area contributed by atoms with Crippen molar-refractivity contribution in [3.63, 3.8) is 0 Å². The van der Waals surface area contributed by atoms with Crippen LogP contribution in [-0.2, 0) is 10.0 Å². The summed E-state index contributed by atoms with van der Waals surface area (Å²) < 4.78 is 27.8. The summed E-state index contributed by atoms with van der Waals surface area (Å²) in [6.07, 6.45) is 0. The van der Waals surface area contributed by atoms with Crippen LogP contribution in [-0.4, -0.2) is 14.3 Å². The number of amides is 1. The second-order valence-electron chi connectivity index (χ2n) is 6.55. The van der Waals surface area contributed by atoms with E-state index in [1.165, 1.54) is 12.1 Å². The van der Waals surface area contributed by atoms with Gasteiger partial charge in [0.15, 0.2) is 0 Å². The number of anilines is 1. The standard InChI is InChI=1S/C22H22N2O3S/c1-16-9-6-7-14-21(16)17(2)23-22(25)18-10-8-13-20(15-18)28(26,27)24-19-11-4-3-5-12-19/h3-15,17,24H,1-2H3,(H,23,25)/t17-/m0/s1. The number of carbonyl (C=O) groups excluding carboxylic acids is 1. The highest BCUT2D eigenvalue weighted by molar-refractivity contribution is 7.92. The number of hydrogen-bond acceptors (Lipinski definition) is 3. The van der Waals surface area contributed by atoms with Gasteiger partial charge in [-0.25, -0.2) is 8.42 Å². The van der Waals surface area contributed by atoms with Gasteiger partial charge in [0.2, 0.25) is 0 Å². The maximum absolute atomic E-state index is 12.7. The van der Waals surface area contributed by atoms with Gasteiger partial charge in [-0.05, 0) is 55.3 Å². The van der Waals surface area contributed by atoms with Crippen LogP contribution in [0, 0.1) is 6.92 Å². The molecule has 1 amide bonds. The molecule has 3 rings (SSSR count). The zero-order chi connectivity index (χ0) is 20.1. The molecule has 0 aromatic heterocycles. The van der Waals surface area contributed by atoms with Crippen LogP contribution in [0.4, 0.5) is 5.69 Å². The Morgan fingerprint density at radius 1 is 0.893 bits per heavy atom. The van der Waals surface area contributed by atoms with Crippen molar-refractivity contribution in [1.29, 1.82) is 0 Å². The quantitative estimate of drug-likeness (QED) is 0.655. The third kappa shape index (κ3) is 4.58. The Hall–Kier alpha value is -3.12. The summed E-state index contributed by atoms with van der Waals surface area (Å²) in [5, 5.41) is 2.93. The fraction of sp³-hybridized carbons (Fsp3) is 0.136. The minimum Gasteiger partial charge on any atom is -0.346 e. The van der Waals surface area contributed by atoms with E-state index < -0.39 is 10.0 Å². The van der Waals surface area contributed by atoms with Crippen molar-refractivity contribution in [3.05, 3.63) is 95.6 Å². The molecule has 0 fully saturated rings. The molecule has 0 saturated carbocycles. The smallest absolute Gasteiger partial charge is 0.261 e. The summed E-state index contributed by atoms with van der Waals surface area (Å²) >= 11 is 0. The Labute approximate surface area is 165 Å². The molecule has 0 aliphatic carbocycles. The summed E-state index contributed by atoms with van der Waals surface area (Å²) in [6, 6.07) is 22.3. The molecule has 1 atom stereocenters. The van der Waals surface area contributed by atoms with Gasteiger partial charge in [0.1, 0.15) is 0 Å². The predicted octanol–water partition coefficient (Wildman–Crippen LogP) is 4.29. The Morgan fingerprint density at radius 3 is 2.29 bits per heavy atom. The Kier molecular flexibility index (Phi) is 5.80. The molecule has 3 aromatic rings. The van der Waals surface area contributed by atoms with Gasteiger partial charge in [-0.3, -0.25) is 9.52 Å². The van der Waals surface area contributed by atoms with Crippen LogP contribution in [0.15, 0.2) is 83.8 Å². The van der Waals surface area contributed by atoms with Gasteiger partial charge in [-0.15, -0.1) is 0 Å². The average molecular weight is 394 g/mol. The Morgan fingerprint density at radius 2 is 1.57 bits per heavy atom. The second-order valence-corrected chi connectivity index (χ2v) is 8.23. The molecule has 0 unspecified atom stereocenters. The van der Waals surface area contributed by atoms with E-state index in [1.54, 1.807) is 42.5 Å². The van der Waals surface area contributed by atoms with Gasteiger partial charge in [0.25, 0.3) is 15.9 Å². The second kappa shape index (κ2) is 8.27. The number of sulfonamides is 1. The molecule has 0 spiro atoms. The van der Waals surface area contributed by atoms with Crippen molar-refractivity contribution in [3.8, 4) is 0 Å². The summed E-state index contributed by atoms with van der Waals surface area (Å²) in [5.74, 6) is -0.326. The highest BCUT2D eigenvalue weighted by Gasteiger charge is 2.18. The zero-order valence-corrected chi connectivity index (χ0v) is 16.5. The molecule has 0 heterocycles. The van der Waals surface area contributed by atoms with E-state index in [0.29, 0.717) is 5.69 Å².